The number of fused-ring (bicyclic) bond motifs is 1. The van der Waals surface area contributed by atoms with E-state index in [-0.39, 0.29) is 5.82 Å². The Morgan fingerprint density at radius 2 is 2.00 bits per heavy atom. The zero-order valence-corrected chi connectivity index (χ0v) is 9.63. The normalized spacial score (nSPS) is 11.1. The van der Waals surface area contributed by atoms with Crippen LogP contribution < -0.4 is 0 Å². The number of unbranched alkanes of at least 4 members (excludes halogenated alkanes) is 3. The maximum Gasteiger partial charge on any atom is 0.137 e. The molecule has 0 amide bonds. The van der Waals surface area contributed by atoms with Crippen LogP contribution in [0, 0.1) is 5.82 Å². The SMILES string of the molecule is CCCCCCc1cc2ccc(F)cc2o1. The van der Waals surface area contributed by atoms with E-state index in [4.69, 9.17) is 4.42 Å². The van der Waals surface area contributed by atoms with Crippen LogP contribution in [-0.4, -0.2) is 0 Å². The Hall–Kier alpha value is -1.31. The van der Waals surface area contributed by atoms with Crippen LogP contribution >= 0.6 is 0 Å². The Morgan fingerprint density at radius 1 is 1.12 bits per heavy atom. The zero-order valence-electron chi connectivity index (χ0n) is 9.63. The molecule has 16 heavy (non-hydrogen) atoms. The molecule has 2 aromatic rings. The van der Waals surface area contributed by atoms with E-state index in [2.05, 4.69) is 6.92 Å². The fourth-order valence-corrected chi connectivity index (χ4v) is 1.91. The molecule has 0 saturated heterocycles. The van der Waals surface area contributed by atoms with Gasteiger partial charge in [-0.15, -0.1) is 0 Å². The Morgan fingerprint density at radius 3 is 2.81 bits per heavy atom. The third-order valence-electron chi connectivity index (χ3n) is 2.81. The molecule has 0 atom stereocenters. The van der Waals surface area contributed by atoms with Crippen LogP contribution in [-0.2, 0) is 6.42 Å². The van der Waals surface area contributed by atoms with Crippen molar-refractivity contribution >= 4 is 11.0 Å². The average Bonchev–Trinajstić information content (AvgIpc) is 2.66. The van der Waals surface area contributed by atoms with Gasteiger partial charge in [-0.1, -0.05) is 26.2 Å². The number of rotatable bonds is 5. The summed E-state index contributed by atoms with van der Waals surface area (Å²) in [4.78, 5) is 0. The Kier molecular flexibility index (Phi) is 3.60. The molecule has 0 spiro atoms. The van der Waals surface area contributed by atoms with E-state index >= 15 is 0 Å². The van der Waals surface area contributed by atoms with Crippen molar-refractivity contribution in [1.82, 2.24) is 0 Å². The van der Waals surface area contributed by atoms with Crippen molar-refractivity contribution in [2.45, 2.75) is 39.0 Å². The number of hydrogen-bond acceptors (Lipinski definition) is 1. The molecular weight excluding hydrogens is 203 g/mol. The monoisotopic (exact) mass is 220 g/mol. The van der Waals surface area contributed by atoms with Crippen molar-refractivity contribution in [3.05, 3.63) is 35.8 Å². The molecule has 0 unspecified atom stereocenters. The molecule has 0 radical (unpaired) electrons. The first-order valence-corrected chi connectivity index (χ1v) is 5.97. The highest BCUT2D eigenvalue weighted by Crippen LogP contribution is 2.21. The summed E-state index contributed by atoms with van der Waals surface area (Å²) >= 11 is 0. The first-order chi connectivity index (χ1) is 7.79. The number of halogens is 1. The second-order valence-electron chi connectivity index (χ2n) is 4.21. The van der Waals surface area contributed by atoms with Crippen LogP contribution in [0.3, 0.4) is 0 Å². The summed E-state index contributed by atoms with van der Waals surface area (Å²) in [5, 5.41) is 0.992. The molecule has 0 fully saturated rings. The summed E-state index contributed by atoms with van der Waals surface area (Å²) < 4.78 is 18.5. The van der Waals surface area contributed by atoms with Gasteiger partial charge >= 0.3 is 0 Å². The van der Waals surface area contributed by atoms with Crippen molar-refractivity contribution in [3.63, 3.8) is 0 Å². The molecule has 2 rings (SSSR count). The molecule has 1 aromatic heterocycles. The Labute approximate surface area is 95.3 Å². The largest absolute Gasteiger partial charge is 0.461 e. The highest BCUT2D eigenvalue weighted by molar-refractivity contribution is 5.77. The van der Waals surface area contributed by atoms with Gasteiger partial charge in [-0.05, 0) is 24.6 Å². The molecule has 1 aromatic carbocycles. The molecular formula is C14H17FO. The van der Waals surface area contributed by atoms with Gasteiger partial charge in [0, 0.05) is 17.9 Å². The lowest BCUT2D eigenvalue weighted by molar-refractivity contribution is 0.524. The molecule has 86 valence electrons. The van der Waals surface area contributed by atoms with Crippen LogP contribution in [0.15, 0.2) is 28.7 Å². The van der Waals surface area contributed by atoms with Crippen LogP contribution in [0.5, 0.6) is 0 Å². The second kappa shape index (κ2) is 5.15. The van der Waals surface area contributed by atoms with Gasteiger partial charge in [0.25, 0.3) is 0 Å². The van der Waals surface area contributed by atoms with Crippen LogP contribution in [0.2, 0.25) is 0 Å². The minimum Gasteiger partial charge on any atom is -0.461 e. The second-order valence-corrected chi connectivity index (χ2v) is 4.21. The average molecular weight is 220 g/mol. The van der Waals surface area contributed by atoms with E-state index in [0.29, 0.717) is 5.58 Å². The Bertz CT molecular complexity index is 459. The fourth-order valence-electron chi connectivity index (χ4n) is 1.91. The molecule has 0 bridgehead atoms. The van der Waals surface area contributed by atoms with Crippen molar-refractivity contribution in [2.75, 3.05) is 0 Å². The summed E-state index contributed by atoms with van der Waals surface area (Å²) in [6.07, 6.45) is 5.86. The highest BCUT2D eigenvalue weighted by Gasteiger charge is 2.04. The molecule has 0 N–H and O–H groups in total. The molecule has 2 heteroatoms. The summed E-state index contributed by atoms with van der Waals surface area (Å²) in [6.45, 7) is 2.20. The van der Waals surface area contributed by atoms with Crippen LogP contribution in [0.4, 0.5) is 4.39 Å². The lowest BCUT2D eigenvalue weighted by Crippen LogP contribution is -1.81. The lowest BCUT2D eigenvalue weighted by Gasteiger charge is -1.95. The fraction of sp³-hybridized carbons (Fsp3) is 0.429. The molecule has 0 saturated carbocycles. The predicted molar refractivity (Wildman–Crippen MR) is 64.0 cm³/mol. The maximum absolute atomic E-state index is 12.9. The van der Waals surface area contributed by atoms with Gasteiger partial charge in [-0.2, -0.15) is 0 Å². The standard InChI is InChI=1S/C14H17FO/c1-2-3-4-5-6-13-9-11-7-8-12(15)10-14(11)16-13/h7-10H,2-6H2,1H3. The molecule has 1 nitrogen and oxygen atoms in total. The van der Waals surface area contributed by atoms with Gasteiger partial charge in [0.1, 0.15) is 17.2 Å². The van der Waals surface area contributed by atoms with Gasteiger partial charge in [0.05, 0.1) is 0 Å². The highest BCUT2D eigenvalue weighted by atomic mass is 19.1. The van der Waals surface area contributed by atoms with E-state index < -0.39 is 0 Å². The van der Waals surface area contributed by atoms with E-state index in [9.17, 15) is 4.39 Å². The number of furan rings is 1. The molecule has 0 aliphatic heterocycles. The van der Waals surface area contributed by atoms with Gasteiger partial charge in [-0.3, -0.25) is 0 Å². The third-order valence-corrected chi connectivity index (χ3v) is 2.81. The minimum absolute atomic E-state index is 0.237. The quantitative estimate of drug-likeness (QED) is 0.666. The number of hydrogen-bond donors (Lipinski definition) is 0. The van der Waals surface area contributed by atoms with E-state index in [0.717, 1.165) is 24.0 Å². The van der Waals surface area contributed by atoms with Crippen molar-refractivity contribution < 1.29 is 8.81 Å². The first-order valence-electron chi connectivity index (χ1n) is 5.97. The zero-order chi connectivity index (χ0) is 11.4. The first kappa shape index (κ1) is 11.2. The summed E-state index contributed by atoms with van der Waals surface area (Å²) in [6, 6.07) is 6.70. The smallest absolute Gasteiger partial charge is 0.137 e. The molecule has 0 aliphatic rings. The minimum atomic E-state index is -0.237. The predicted octanol–water partition coefficient (Wildman–Crippen LogP) is 4.69. The number of aryl methyl sites for hydroxylation is 1. The third kappa shape index (κ3) is 2.63. The van der Waals surface area contributed by atoms with Crippen LogP contribution in [0.1, 0.15) is 38.4 Å². The van der Waals surface area contributed by atoms with E-state index in [1.807, 2.05) is 6.07 Å². The van der Waals surface area contributed by atoms with Gasteiger partial charge < -0.3 is 4.42 Å². The van der Waals surface area contributed by atoms with Gasteiger partial charge in [0.15, 0.2) is 0 Å². The lowest BCUT2D eigenvalue weighted by atomic mass is 10.1. The maximum atomic E-state index is 12.9. The van der Waals surface area contributed by atoms with Crippen LogP contribution in [0.25, 0.3) is 11.0 Å². The topological polar surface area (TPSA) is 13.1 Å². The molecule has 0 aliphatic carbocycles. The molecule has 1 heterocycles. The summed E-state index contributed by atoms with van der Waals surface area (Å²) in [5.74, 6) is 0.732. The van der Waals surface area contributed by atoms with Crippen molar-refractivity contribution in [1.29, 1.82) is 0 Å². The summed E-state index contributed by atoms with van der Waals surface area (Å²) in [5.41, 5.74) is 0.658. The van der Waals surface area contributed by atoms with Crippen molar-refractivity contribution in [2.24, 2.45) is 0 Å². The summed E-state index contributed by atoms with van der Waals surface area (Å²) in [7, 11) is 0. The Balaban J connectivity index is 2.02. The van der Waals surface area contributed by atoms with Gasteiger partial charge in [-0.25, -0.2) is 4.39 Å². The van der Waals surface area contributed by atoms with Crippen molar-refractivity contribution in [3.8, 4) is 0 Å². The van der Waals surface area contributed by atoms with E-state index in [1.54, 1.807) is 6.07 Å². The number of benzene rings is 1. The van der Waals surface area contributed by atoms with Gasteiger partial charge in [0.2, 0.25) is 0 Å². The van der Waals surface area contributed by atoms with E-state index in [1.165, 1.54) is 31.4 Å².